The Morgan fingerprint density at radius 2 is 0.886 bits per heavy atom. The predicted octanol–water partition coefficient (Wildman–Crippen LogP) is 5.75. The lowest BCUT2D eigenvalue weighted by atomic mass is 10.0. The third-order valence-corrected chi connectivity index (χ3v) is 5.70. The molecule has 0 aliphatic heterocycles. The number of hydrogen-bond acceptors (Lipinski definition) is 4. The molecule has 0 amide bonds. The van der Waals surface area contributed by atoms with Crippen LogP contribution >= 0.6 is 0 Å². The zero-order valence-corrected chi connectivity index (χ0v) is 19.0. The van der Waals surface area contributed by atoms with Crippen molar-refractivity contribution in [3.05, 3.63) is 131 Å². The minimum Gasteiger partial charge on any atom is -0.479 e. The molecule has 0 radical (unpaired) electrons. The van der Waals surface area contributed by atoms with Crippen LogP contribution in [0.4, 0.5) is 11.4 Å². The molecule has 176 valence electrons. The summed E-state index contributed by atoms with van der Waals surface area (Å²) >= 11 is 0. The average molecular weight is 467 g/mol. The second-order valence-electron chi connectivity index (χ2n) is 8.22. The second-order valence-corrected chi connectivity index (χ2v) is 8.22. The Bertz CT molecular complexity index is 1160. The smallest absolute Gasteiger partial charge is 0.330 e. The van der Waals surface area contributed by atoms with E-state index in [1.54, 1.807) is 24.3 Å². The highest BCUT2D eigenvalue weighted by Gasteiger charge is 2.20. The van der Waals surface area contributed by atoms with Gasteiger partial charge in [-0.1, -0.05) is 84.9 Å². The van der Waals surface area contributed by atoms with Crippen LogP contribution in [0.3, 0.4) is 0 Å². The first-order valence-corrected chi connectivity index (χ1v) is 11.3. The average Bonchev–Trinajstić information content (AvgIpc) is 2.88. The van der Waals surface area contributed by atoms with Gasteiger partial charge in [-0.15, -0.1) is 0 Å². The molecular formula is C29H26N2O4. The van der Waals surface area contributed by atoms with Gasteiger partial charge in [0.1, 0.15) is 0 Å². The quantitative estimate of drug-likeness (QED) is 0.237. The molecular weight excluding hydrogens is 440 g/mol. The van der Waals surface area contributed by atoms with E-state index < -0.39 is 24.0 Å². The van der Waals surface area contributed by atoms with Crippen LogP contribution in [0.15, 0.2) is 109 Å². The van der Waals surface area contributed by atoms with Gasteiger partial charge in [-0.05, 0) is 52.9 Å². The van der Waals surface area contributed by atoms with Crippen LogP contribution in [0.25, 0.3) is 0 Å². The van der Waals surface area contributed by atoms with Crippen LogP contribution in [0, 0.1) is 0 Å². The molecule has 2 atom stereocenters. The molecule has 4 rings (SSSR count). The number of benzene rings is 4. The Kier molecular flexibility index (Phi) is 7.43. The van der Waals surface area contributed by atoms with Gasteiger partial charge >= 0.3 is 11.9 Å². The van der Waals surface area contributed by atoms with Gasteiger partial charge in [-0.25, -0.2) is 9.59 Å². The van der Waals surface area contributed by atoms with Gasteiger partial charge in [0.25, 0.3) is 0 Å². The SMILES string of the molecule is O=C(O)[C@@H](Nc1ccc(Cc2ccc(N[C@@H](C(=O)O)c3ccccc3)cc2)cc1)c1ccccc1. The Labute approximate surface area is 203 Å². The molecule has 4 aromatic rings. The molecule has 0 saturated carbocycles. The largest absolute Gasteiger partial charge is 0.479 e. The Hall–Kier alpha value is -4.58. The van der Waals surface area contributed by atoms with E-state index in [0.717, 1.165) is 22.5 Å². The van der Waals surface area contributed by atoms with Gasteiger partial charge in [0.2, 0.25) is 0 Å². The lowest BCUT2D eigenvalue weighted by Gasteiger charge is -2.17. The van der Waals surface area contributed by atoms with Crippen molar-refractivity contribution in [2.75, 3.05) is 10.6 Å². The van der Waals surface area contributed by atoms with Crippen molar-refractivity contribution in [3.63, 3.8) is 0 Å². The van der Waals surface area contributed by atoms with Crippen molar-refractivity contribution in [2.24, 2.45) is 0 Å². The molecule has 4 N–H and O–H groups in total. The van der Waals surface area contributed by atoms with E-state index in [1.807, 2.05) is 84.9 Å². The fourth-order valence-electron chi connectivity index (χ4n) is 3.87. The van der Waals surface area contributed by atoms with Gasteiger partial charge in [0.15, 0.2) is 12.1 Å². The fourth-order valence-corrected chi connectivity index (χ4v) is 3.87. The lowest BCUT2D eigenvalue weighted by Crippen LogP contribution is -2.20. The summed E-state index contributed by atoms with van der Waals surface area (Å²) in [7, 11) is 0. The van der Waals surface area contributed by atoms with Crippen molar-refractivity contribution in [2.45, 2.75) is 18.5 Å². The first-order valence-electron chi connectivity index (χ1n) is 11.3. The number of nitrogens with one attached hydrogen (secondary N) is 2. The molecule has 0 saturated heterocycles. The van der Waals surface area contributed by atoms with Gasteiger partial charge < -0.3 is 20.8 Å². The van der Waals surface area contributed by atoms with E-state index in [2.05, 4.69) is 10.6 Å². The standard InChI is InChI=1S/C29H26N2O4/c32-28(33)26(22-7-3-1-4-8-22)30-24-15-11-20(12-16-24)19-21-13-17-25(18-14-21)31-27(29(34)35)23-9-5-2-6-10-23/h1-18,26-27,30-31H,19H2,(H,32,33)(H,34,35)/t26-,27+. The normalized spacial score (nSPS) is 12.3. The monoisotopic (exact) mass is 466 g/mol. The number of anilines is 2. The molecule has 6 nitrogen and oxygen atoms in total. The molecule has 0 aromatic heterocycles. The molecule has 4 aromatic carbocycles. The van der Waals surface area contributed by atoms with Crippen molar-refractivity contribution in [1.29, 1.82) is 0 Å². The maximum Gasteiger partial charge on any atom is 0.330 e. The van der Waals surface area contributed by atoms with Crippen LogP contribution < -0.4 is 10.6 Å². The van der Waals surface area contributed by atoms with Crippen molar-refractivity contribution >= 4 is 23.3 Å². The van der Waals surface area contributed by atoms with Crippen LogP contribution in [-0.2, 0) is 16.0 Å². The molecule has 0 bridgehead atoms. The zero-order chi connectivity index (χ0) is 24.6. The van der Waals surface area contributed by atoms with Crippen LogP contribution in [0.5, 0.6) is 0 Å². The Balaban J connectivity index is 1.39. The van der Waals surface area contributed by atoms with E-state index in [9.17, 15) is 19.8 Å². The van der Waals surface area contributed by atoms with Gasteiger partial charge in [-0.2, -0.15) is 0 Å². The van der Waals surface area contributed by atoms with Crippen LogP contribution in [0.1, 0.15) is 34.3 Å². The van der Waals surface area contributed by atoms with Crippen LogP contribution in [-0.4, -0.2) is 22.2 Å². The molecule has 6 heteroatoms. The predicted molar refractivity (Wildman–Crippen MR) is 137 cm³/mol. The van der Waals surface area contributed by atoms with Gasteiger partial charge in [0.05, 0.1) is 0 Å². The molecule has 0 fully saturated rings. The fraction of sp³-hybridized carbons (Fsp3) is 0.103. The van der Waals surface area contributed by atoms with E-state index in [0.29, 0.717) is 17.5 Å². The molecule has 0 spiro atoms. The topological polar surface area (TPSA) is 98.7 Å². The number of aliphatic carboxylic acids is 2. The van der Waals surface area contributed by atoms with Crippen molar-refractivity contribution in [3.8, 4) is 0 Å². The molecule has 0 aliphatic rings. The second kappa shape index (κ2) is 11.0. The number of rotatable bonds is 10. The maximum atomic E-state index is 11.7. The highest BCUT2D eigenvalue weighted by atomic mass is 16.4. The van der Waals surface area contributed by atoms with Crippen molar-refractivity contribution in [1.82, 2.24) is 0 Å². The molecule has 0 aliphatic carbocycles. The summed E-state index contributed by atoms with van der Waals surface area (Å²) in [5, 5.41) is 25.4. The van der Waals surface area contributed by atoms with E-state index in [1.165, 1.54) is 0 Å². The molecule has 0 heterocycles. The molecule has 0 unspecified atom stereocenters. The summed E-state index contributed by atoms with van der Waals surface area (Å²) < 4.78 is 0. The lowest BCUT2D eigenvalue weighted by molar-refractivity contribution is -0.139. The summed E-state index contributed by atoms with van der Waals surface area (Å²) in [6.07, 6.45) is 0.697. The summed E-state index contributed by atoms with van der Waals surface area (Å²) in [4.78, 5) is 23.4. The first-order chi connectivity index (χ1) is 17.0. The summed E-state index contributed by atoms with van der Waals surface area (Å²) in [5.41, 5.74) is 4.99. The van der Waals surface area contributed by atoms with E-state index >= 15 is 0 Å². The van der Waals surface area contributed by atoms with Crippen LogP contribution in [0.2, 0.25) is 0 Å². The third kappa shape index (κ3) is 6.26. The number of carboxylic acids is 2. The minimum atomic E-state index is -0.939. The van der Waals surface area contributed by atoms with E-state index in [4.69, 9.17) is 0 Å². The van der Waals surface area contributed by atoms with Crippen molar-refractivity contribution < 1.29 is 19.8 Å². The summed E-state index contributed by atoms with van der Waals surface area (Å²) in [5.74, 6) is -1.88. The summed E-state index contributed by atoms with van der Waals surface area (Å²) in [6, 6.07) is 31.9. The number of hydrogen-bond donors (Lipinski definition) is 4. The van der Waals surface area contributed by atoms with Gasteiger partial charge in [0, 0.05) is 11.4 Å². The van der Waals surface area contributed by atoms with E-state index in [-0.39, 0.29) is 0 Å². The number of carboxylic acid groups (broad SMARTS) is 2. The Morgan fingerprint density at radius 1 is 0.543 bits per heavy atom. The maximum absolute atomic E-state index is 11.7. The Morgan fingerprint density at radius 3 is 1.20 bits per heavy atom. The minimum absolute atomic E-state index is 0.690. The van der Waals surface area contributed by atoms with Gasteiger partial charge in [-0.3, -0.25) is 0 Å². The number of carbonyl (C=O) groups is 2. The molecule has 35 heavy (non-hydrogen) atoms. The first kappa shape index (κ1) is 23.6. The third-order valence-electron chi connectivity index (χ3n) is 5.70. The highest BCUT2D eigenvalue weighted by molar-refractivity contribution is 5.80. The highest BCUT2D eigenvalue weighted by Crippen LogP contribution is 2.23. The summed E-state index contributed by atoms with van der Waals surface area (Å²) in [6.45, 7) is 0. The zero-order valence-electron chi connectivity index (χ0n) is 19.0.